The molecule has 0 unspecified atom stereocenters. The fraction of sp³-hybridized carbons (Fsp3) is 0.278. The Hall–Kier alpha value is -2.72. The molecule has 8 nitrogen and oxygen atoms in total. The Kier molecular flexibility index (Phi) is 8.15. The molecule has 2 aromatic rings. The first-order valence-corrected chi connectivity index (χ1v) is 10.1. The van der Waals surface area contributed by atoms with Crippen molar-refractivity contribution in [1.82, 2.24) is 4.98 Å². The summed E-state index contributed by atoms with van der Waals surface area (Å²) in [5.41, 5.74) is 6.59. The monoisotopic (exact) mass is 423 g/mol. The van der Waals surface area contributed by atoms with E-state index < -0.39 is 0 Å². The number of benzene rings is 1. The molecule has 0 fully saturated rings. The zero-order valence-electron chi connectivity index (χ0n) is 15.7. The number of hydrogen-bond donors (Lipinski definition) is 2. The number of amides is 2. The summed E-state index contributed by atoms with van der Waals surface area (Å²) < 4.78 is 15.9. The molecular formula is C18H21N3O5S2. The molecule has 0 aliphatic heterocycles. The van der Waals surface area contributed by atoms with E-state index in [1.54, 1.807) is 18.2 Å². The zero-order chi connectivity index (χ0) is 20.5. The van der Waals surface area contributed by atoms with Crippen LogP contribution >= 0.6 is 23.1 Å². The number of rotatable bonds is 10. The van der Waals surface area contributed by atoms with Crippen LogP contribution in [0.4, 0.5) is 5.13 Å². The summed E-state index contributed by atoms with van der Waals surface area (Å²) in [5, 5.41) is 5.01. The quantitative estimate of drug-likeness (QED) is 0.565. The van der Waals surface area contributed by atoms with Gasteiger partial charge in [-0.1, -0.05) is 0 Å². The average Bonchev–Trinajstić information content (AvgIpc) is 3.12. The summed E-state index contributed by atoms with van der Waals surface area (Å²) in [6, 6.07) is 3.48. The van der Waals surface area contributed by atoms with Gasteiger partial charge in [-0.3, -0.25) is 14.9 Å². The first kappa shape index (κ1) is 21.6. The van der Waals surface area contributed by atoms with Crippen molar-refractivity contribution in [2.45, 2.75) is 5.75 Å². The van der Waals surface area contributed by atoms with Crippen LogP contribution in [0.25, 0.3) is 6.08 Å². The van der Waals surface area contributed by atoms with Crippen LogP contribution in [0.15, 0.2) is 23.6 Å². The molecule has 0 aliphatic carbocycles. The maximum absolute atomic E-state index is 12.1. The Labute approximate surface area is 171 Å². The summed E-state index contributed by atoms with van der Waals surface area (Å²) >= 11 is 2.69. The van der Waals surface area contributed by atoms with Gasteiger partial charge in [-0.15, -0.1) is 23.1 Å². The fourth-order valence-electron chi connectivity index (χ4n) is 2.20. The molecule has 0 spiro atoms. The maximum Gasteiger partial charge on any atom is 0.250 e. The van der Waals surface area contributed by atoms with Crippen molar-refractivity contribution in [3.63, 3.8) is 0 Å². The van der Waals surface area contributed by atoms with E-state index in [2.05, 4.69) is 10.3 Å². The second-order valence-electron chi connectivity index (χ2n) is 5.38. The summed E-state index contributed by atoms with van der Waals surface area (Å²) in [7, 11) is 4.58. The minimum Gasteiger partial charge on any atom is -0.493 e. The van der Waals surface area contributed by atoms with Crippen LogP contribution in [0.5, 0.6) is 17.2 Å². The predicted octanol–water partition coefficient (Wildman–Crippen LogP) is 2.54. The van der Waals surface area contributed by atoms with Crippen LogP contribution < -0.4 is 25.3 Å². The largest absolute Gasteiger partial charge is 0.493 e. The molecule has 0 aliphatic rings. The lowest BCUT2D eigenvalue weighted by atomic mass is 10.1. The van der Waals surface area contributed by atoms with Gasteiger partial charge in [-0.25, -0.2) is 4.98 Å². The highest BCUT2D eigenvalue weighted by atomic mass is 32.2. The lowest BCUT2D eigenvalue weighted by Gasteiger charge is -2.12. The van der Waals surface area contributed by atoms with Crippen LogP contribution in [-0.4, -0.2) is 43.9 Å². The first-order chi connectivity index (χ1) is 13.5. The number of carbonyl (C=O) groups is 2. The summed E-state index contributed by atoms with van der Waals surface area (Å²) in [5.74, 6) is 1.58. The Bertz CT molecular complexity index is 842. The molecule has 1 aromatic heterocycles. The van der Waals surface area contributed by atoms with Crippen LogP contribution in [0, 0.1) is 0 Å². The molecular weight excluding hydrogens is 402 g/mol. The lowest BCUT2D eigenvalue weighted by Crippen LogP contribution is -2.13. The van der Waals surface area contributed by atoms with E-state index in [-0.39, 0.29) is 17.6 Å². The number of hydrogen-bond acceptors (Lipinski definition) is 8. The van der Waals surface area contributed by atoms with Gasteiger partial charge in [0, 0.05) is 17.2 Å². The number of ether oxygens (including phenoxy) is 3. The van der Waals surface area contributed by atoms with Crippen LogP contribution in [-0.2, 0) is 15.3 Å². The molecule has 0 bridgehead atoms. The molecule has 2 amide bonds. The molecule has 150 valence electrons. The van der Waals surface area contributed by atoms with Crippen molar-refractivity contribution in [2.75, 3.05) is 32.4 Å². The Morgan fingerprint density at radius 1 is 1.21 bits per heavy atom. The lowest BCUT2D eigenvalue weighted by molar-refractivity contribution is -0.115. The van der Waals surface area contributed by atoms with Crippen molar-refractivity contribution in [3.05, 3.63) is 34.8 Å². The first-order valence-electron chi connectivity index (χ1n) is 8.06. The average molecular weight is 424 g/mol. The SMILES string of the molecule is COc1cc(/C=C/C(=O)Nc2nc(CSCC(N)=O)cs2)cc(OC)c1OC. The van der Waals surface area contributed by atoms with Crippen LogP contribution in [0.1, 0.15) is 11.3 Å². The number of primary amides is 1. The normalized spacial score (nSPS) is 10.7. The van der Waals surface area contributed by atoms with Crippen molar-refractivity contribution in [2.24, 2.45) is 5.73 Å². The zero-order valence-corrected chi connectivity index (χ0v) is 17.3. The fourth-order valence-corrected chi connectivity index (χ4v) is 3.68. The third kappa shape index (κ3) is 6.17. The smallest absolute Gasteiger partial charge is 0.250 e. The number of nitrogens with two attached hydrogens (primary N) is 1. The highest BCUT2D eigenvalue weighted by Gasteiger charge is 2.12. The van der Waals surface area contributed by atoms with Crippen molar-refractivity contribution < 1.29 is 23.8 Å². The van der Waals surface area contributed by atoms with E-state index in [1.165, 1.54) is 50.5 Å². The van der Waals surface area contributed by atoms with Gasteiger partial charge >= 0.3 is 0 Å². The molecule has 0 saturated heterocycles. The van der Waals surface area contributed by atoms with Gasteiger partial charge < -0.3 is 19.9 Å². The second kappa shape index (κ2) is 10.6. The maximum atomic E-state index is 12.1. The topological polar surface area (TPSA) is 113 Å². The number of thiazole rings is 1. The summed E-state index contributed by atoms with van der Waals surface area (Å²) in [6.45, 7) is 0. The van der Waals surface area contributed by atoms with Gasteiger partial charge in [0.1, 0.15) is 0 Å². The predicted molar refractivity (Wildman–Crippen MR) is 111 cm³/mol. The van der Waals surface area contributed by atoms with Gasteiger partial charge in [0.25, 0.3) is 0 Å². The van der Waals surface area contributed by atoms with Crippen molar-refractivity contribution >= 4 is 46.1 Å². The number of nitrogens with one attached hydrogen (secondary N) is 1. The van der Waals surface area contributed by atoms with E-state index in [0.29, 0.717) is 33.7 Å². The standard InChI is InChI=1S/C18H21N3O5S2/c1-24-13-6-11(7-14(25-2)17(13)26-3)4-5-16(23)21-18-20-12(9-28-18)8-27-10-15(19)22/h4-7,9H,8,10H2,1-3H3,(H2,19,22)(H,20,21,23)/b5-4+. The van der Waals surface area contributed by atoms with Gasteiger partial charge in [-0.2, -0.15) is 0 Å². The van der Waals surface area contributed by atoms with Gasteiger partial charge in [-0.05, 0) is 23.8 Å². The molecule has 1 aromatic carbocycles. The van der Waals surface area contributed by atoms with Crippen molar-refractivity contribution in [3.8, 4) is 17.2 Å². The number of anilines is 1. The summed E-state index contributed by atoms with van der Waals surface area (Å²) in [4.78, 5) is 27.2. The molecule has 1 heterocycles. The van der Waals surface area contributed by atoms with Crippen LogP contribution in [0.3, 0.4) is 0 Å². The minimum absolute atomic E-state index is 0.233. The van der Waals surface area contributed by atoms with E-state index >= 15 is 0 Å². The number of methoxy groups -OCH3 is 3. The summed E-state index contributed by atoms with van der Waals surface area (Å²) in [6.07, 6.45) is 3.03. The van der Waals surface area contributed by atoms with E-state index in [9.17, 15) is 9.59 Å². The highest BCUT2D eigenvalue weighted by molar-refractivity contribution is 7.99. The number of aromatic nitrogens is 1. The number of nitrogens with zero attached hydrogens (tertiary/aromatic N) is 1. The highest BCUT2D eigenvalue weighted by Crippen LogP contribution is 2.38. The van der Waals surface area contributed by atoms with E-state index in [1.807, 2.05) is 5.38 Å². The van der Waals surface area contributed by atoms with Crippen LogP contribution in [0.2, 0.25) is 0 Å². The molecule has 0 saturated carbocycles. The molecule has 28 heavy (non-hydrogen) atoms. The Morgan fingerprint density at radius 2 is 1.89 bits per heavy atom. The van der Waals surface area contributed by atoms with Gasteiger partial charge in [0.2, 0.25) is 17.6 Å². The number of thioether (sulfide) groups is 1. The minimum atomic E-state index is -0.370. The molecule has 2 rings (SSSR count). The Morgan fingerprint density at radius 3 is 2.46 bits per heavy atom. The second-order valence-corrected chi connectivity index (χ2v) is 7.23. The van der Waals surface area contributed by atoms with Gasteiger partial charge in [0.15, 0.2) is 16.6 Å². The molecule has 0 radical (unpaired) electrons. The van der Waals surface area contributed by atoms with E-state index in [4.69, 9.17) is 19.9 Å². The third-order valence-corrected chi connectivity index (χ3v) is 5.19. The Balaban J connectivity index is 2.00. The van der Waals surface area contributed by atoms with Gasteiger partial charge in [0.05, 0.1) is 32.8 Å². The molecule has 0 atom stereocenters. The number of carbonyl (C=O) groups excluding carboxylic acids is 2. The third-order valence-electron chi connectivity index (χ3n) is 3.39. The van der Waals surface area contributed by atoms with E-state index in [0.717, 1.165) is 5.69 Å². The molecule has 10 heteroatoms. The van der Waals surface area contributed by atoms with Crippen molar-refractivity contribution in [1.29, 1.82) is 0 Å². The molecule has 3 N–H and O–H groups in total.